The Balaban J connectivity index is 0.887. The Morgan fingerprint density at radius 1 is 0.874 bits per heavy atom. The standard InChI is InChI=1S/C59H71F4N10O12PS/c1-58(2,3)35-9-7-32(8-10-35)25-42(56(81)71-23-19-33(20-24-71)28-65-40-6-4-5-38-39(40)29-72(55(38)80)44-15-18-50(75)69-52(44)77)67-51(76)41(13-17-49(64)74)66-53(78)45-14-12-37-21-22-70(31-48(60)61)30-43(57(82)73(37)45)68-54(79)47-27-34-26-36(11-16-46(34)87-47)59(62,63)85-86(83)84/h4-11,16,26-27,33,37,41-45,48,65,83-84H,12-15,17-25,28-31H2,1-3H3,(H2,64,74)(H,66,78)(H,67,76)(H,68,79)(H,69,75,77)/t37-,41+,42+,43+,44?,45+/m1/s1. The van der Waals surface area contributed by atoms with Crippen LogP contribution in [0.2, 0.25) is 0 Å². The molecule has 22 nitrogen and oxygen atoms in total. The molecule has 6 atom stereocenters. The molecule has 4 fully saturated rings. The third kappa shape index (κ3) is 15.4. The van der Waals surface area contributed by atoms with E-state index in [4.69, 9.17) is 15.5 Å². The number of carbonyl (C=O) groups is 9. The highest BCUT2D eigenvalue weighted by atomic mass is 32.1. The largest absolute Gasteiger partial charge is 0.389 e. The maximum atomic E-state index is 14.8. The van der Waals surface area contributed by atoms with E-state index >= 15 is 0 Å². The van der Waals surface area contributed by atoms with Gasteiger partial charge in [0.25, 0.3) is 18.2 Å². The molecule has 3 aromatic carbocycles. The summed E-state index contributed by atoms with van der Waals surface area (Å²) < 4.78 is 61.5. The summed E-state index contributed by atoms with van der Waals surface area (Å²) in [6.07, 6.45) is -5.52. The van der Waals surface area contributed by atoms with E-state index in [0.717, 1.165) is 45.8 Å². The number of halogens is 4. The fraction of sp³-hybridized carbons (Fsp3) is 0.508. The minimum atomic E-state index is -4.10. The number of carbonyl (C=O) groups excluding carboxylic acids is 9. The molecular formula is C59H71F4N10O12PS. The van der Waals surface area contributed by atoms with Crippen molar-refractivity contribution in [3.8, 4) is 0 Å². The van der Waals surface area contributed by atoms with Gasteiger partial charge in [0, 0.05) is 86.1 Å². The molecule has 5 aliphatic heterocycles. The van der Waals surface area contributed by atoms with Crippen molar-refractivity contribution in [3.63, 3.8) is 0 Å². The number of benzene rings is 3. The van der Waals surface area contributed by atoms with Crippen molar-refractivity contribution < 1.29 is 75.0 Å². The number of amides is 9. The minimum absolute atomic E-state index is 0.0462. The Bertz CT molecular complexity index is 3290. The van der Waals surface area contributed by atoms with Crippen LogP contribution in [0.5, 0.6) is 0 Å². The average Bonchev–Trinajstić information content (AvgIpc) is 3.05. The molecule has 87 heavy (non-hydrogen) atoms. The van der Waals surface area contributed by atoms with Crippen LogP contribution in [-0.4, -0.2) is 164 Å². The predicted molar refractivity (Wildman–Crippen MR) is 312 cm³/mol. The van der Waals surface area contributed by atoms with Crippen molar-refractivity contribution in [2.45, 2.75) is 146 Å². The molecule has 9 amide bonds. The van der Waals surface area contributed by atoms with Crippen molar-refractivity contribution in [3.05, 3.63) is 99.4 Å². The number of anilines is 1. The molecule has 0 bridgehead atoms. The first kappa shape index (κ1) is 64.3. The number of fused-ring (bicyclic) bond motifs is 3. The lowest BCUT2D eigenvalue weighted by atomic mass is 9.86. The highest BCUT2D eigenvalue weighted by molar-refractivity contribution is 7.39. The summed E-state index contributed by atoms with van der Waals surface area (Å²) in [5.74, 6) is -5.50. The Morgan fingerprint density at radius 2 is 1.60 bits per heavy atom. The van der Waals surface area contributed by atoms with Crippen LogP contribution in [0.1, 0.15) is 121 Å². The molecule has 4 aromatic rings. The van der Waals surface area contributed by atoms with Crippen molar-refractivity contribution in [2.24, 2.45) is 11.7 Å². The van der Waals surface area contributed by atoms with Crippen LogP contribution >= 0.6 is 19.9 Å². The molecule has 9 rings (SSSR count). The number of imide groups is 1. The van der Waals surface area contributed by atoms with E-state index in [-0.39, 0.29) is 97.9 Å². The van der Waals surface area contributed by atoms with Crippen LogP contribution in [0.3, 0.4) is 0 Å². The number of likely N-dealkylation sites (tertiary alicyclic amines) is 1. The second-order valence-electron chi connectivity index (χ2n) is 23.8. The van der Waals surface area contributed by atoms with Crippen LogP contribution in [0.4, 0.5) is 23.2 Å². The molecule has 28 heteroatoms. The lowest BCUT2D eigenvalue weighted by Crippen LogP contribution is -2.62. The third-order valence-electron chi connectivity index (χ3n) is 16.8. The number of nitrogens with zero attached hydrogens (tertiary/aromatic N) is 4. The average molecular weight is 1250 g/mol. The van der Waals surface area contributed by atoms with Gasteiger partial charge in [0.15, 0.2) is 0 Å². The summed E-state index contributed by atoms with van der Waals surface area (Å²) in [7, 11) is -3.43. The Kier molecular flexibility index (Phi) is 20.0. The van der Waals surface area contributed by atoms with E-state index < -0.39 is 117 Å². The lowest BCUT2D eigenvalue weighted by molar-refractivity contribution is -0.189. The van der Waals surface area contributed by atoms with E-state index in [1.165, 1.54) is 26.8 Å². The molecule has 0 radical (unpaired) electrons. The number of hydrogen-bond donors (Lipinski definition) is 8. The Morgan fingerprint density at radius 3 is 2.28 bits per heavy atom. The van der Waals surface area contributed by atoms with Crippen LogP contribution in [0.25, 0.3) is 10.1 Å². The summed E-state index contributed by atoms with van der Waals surface area (Å²) in [5.41, 5.74) is 8.37. The van der Waals surface area contributed by atoms with E-state index in [1.807, 2.05) is 30.3 Å². The molecule has 468 valence electrons. The second kappa shape index (κ2) is 27.1. The molecular weight excluding hydrogens is 1180 g/mol. The summed E-state index contributed by atoms with van der Waals surface area (Å²) >= 11 is 0.877. The number of primary amides is 1. The highest BCUT2D eigenvalue weighted by Gasteiger charge is 2.47. The summed E-state index contributed by atoms with van der Waals surface area (Å²) in [6.45, 7) is 6.44. The van der Waals surface area contributed by atoms with Gasteiger partial charge in [0.2, 0.25) is 41.4 Å². The van der Waals surface area contributed by atoms with Crippen molar-refractivity contribution in [1.29, 1.82) is 0 Å². The van der Waals surface area contributed by atoms with Gasteiger partial charge in [-0.2, -0.15) is 8.78 Å². The van der Waals surface area contributed by atoms with Gasteiger partial charge in [0.05, 0.1) is 17.0 Å². The number of thiophene rings is 1. The van der Waals surface area contributed by atoms with E-state index in [1.54, 1.807) is 17.0 Å². The number of hydrogen-bond acceptors (Lipinski definition) is 15. The molecule has 6 heterocycles. The number of rotatable bonds is 21. The van der Waals surface area contributed by atoms with Gasteiger partial charge >= 0.3 is 14.7 Å². The maximum Gasteiger partial charge on any atom is 0.389 e. The number of piperidine rings is 2. The maximum absolute atomic E-state index is 14.8. The zero-order valence-corrected chi connectivity index (χ0v) is 49.9. The molecule has 5 aliphatic rings. The van der Waals surface area contributed by atoms with Crippen molar-refractivity contribution in [1.82, 2.24) is 40.9 Å². The number of nitrogens with one attached hydrogen (secondary N) is 5. The first-order valence-electron chi connectivity index (χ1n) is 28.9. The third-order valence-corrected chi connectivity index (χ3v) is 18.3. The smallest absolute Gasteiger partial charge is 0.384 e. The van der Waals surface area contributed by atoms with Gasteiger partial charge in [-0.05, 0) is 109 Å². The molecule has 4 saturated heterocycles. The van der Waals surface area contributed by atoms with Crippen LogP contribution in [-0.2, 0) is 62.6 Å². The monoisotopic (exact) mass is 1250 g/mol. The van der Waals surface area contributed by atoms with E-state index in [2.05, 4.69) is 51.9 Å². The number of nitrogens with two attached hydrogens (primary N) is 1. The summed E-state index contributed by atoms with van der Waals surface area (Å²) in [5, 5.41) is 14.2. The van der Waals surface area contributed by atoms with E-state index in [9.17, 15) is 60.7 Å². The van der Waals surface area contributed by atoms with Crippen molar-refractivity contribution >= 4 is 88.9 Å². The van der Waals surface area contributed by atoms with Gasteiger partial charge in [-0.15, -0.1) is 11.3 Å². The quantitative estimate of drug-likeness (QED) is 0.0324. The Hall–Kier alpha value is -7.16. The lowest BCUT2D eigenvalue weighted by Gasteiger charge is -2.39. The second-order valence-corrected chi connectivity index (χ2v) is 25.6. The molecule has 9 N–H and O–H groups in total. The fourth-order valence-corrected chi connectivity index (χ4v) is 13.4. The topological polar surface area (TPSA) is 302 Å². The molecule has 0 aliphatic carbocycles. The van der Waals surface area contributed by atoms with Crippen molar-refractivity contribution in [2.75, 3.05) is 44.6 Å². The minimum Gasteiger partial charge on any atom is -0.384 e. The SMILES string of the molecule is CC(C)(C)c1ccc(C[C@H](NC(=O)[C@H](CCC(N)=O)NC(=O)[C@@H]2CC[C@@H]3CCN(CC(F)F)C[C@H](NC(=O)c4cc5cc(C(F)(F)OP(O)O)ccc5s4)C(=O)N32)C(=O)N2CCC(CNc3cccc4c3CN(C3CCC(=O)NC3=O)C4=O)CC2)cc1. The summed E-state index contributed by atoms with van der Waals surface area (Å²) in [4.78, 5) is 147. The molecule has 1 aromatic heterocycles. The van der Waals surface area contributed by atoms with Gasteiger partial charge in [-0.3, -0.25) is 53.4 Å². The first-order chi connectivity index (χ1) is 41.2. The zero-order chi connectivity index (χ0) is 62.6. The van der Waals surface area contributed by atoms with Gasteiger partial charge in [0.1, 0.15) is 30.2 Å². The molecule has 0 saturated carbocycles. The van der Waals surface area contributed by atoms with Crippen LogP contribution in [0.15, 0.2) is 66.7 Å². The van der Waals surface area contributed by atoms with Gasteiger partial charge in [-0.25, -0.2) is 13.3 Å². The van der Waals surface area contributed by atoms with Gasteiger partial charge in [-0.1, -0.05) is 51.1 Å². The fourth-order valence-electron chi connectivity index (χ4n) is 12.1. The van der Waals surface area contributed by atoms with E-state index in [0.29, 0.717) is 42.7 Å². The number of alkyl halides is 4. The summed E-state index contributed by atoms with van der Waals surface area (Å²) in [6, 6.07) is 10.7. The van der Waals surface area contributed by atoms with Crippen LogP contribution < -0.4 is 32.3 Å². The molecule has 0 spiro atoms. The van der Waals surface area contributed by atoms with Gasteiger partial charge < -0.3 is 51.5 Å². The zero-order valence-electron chi connectivity index (χ0n) is 48.2. The van der Waals surface area contributed by atoms with Crippen LogP contribution in [0, 0.1) is 5.92 Å². The highest BCUT2D eigenvalue weighted by Crippen LogP contribution is 2.43. The molecule has 1 unspecified atom stereocenters. The predicted octanol–water partition coefficient (Wildman–Crippen LogP) is 4.49. The first-order valence-corrected chi connectivity index (χ1v) is 30.9. The Labute approximate surface area is 504 Å². The normalized spacial score (nSPS) is 21.3.